The summed E-state index contributed by atoms with van der Waals surface area (Å²) in [7, 11) is 0. The molecule has 4 rings (SSSR count). The summed E-state index contributed by atoms with van der Waals surface area (Å²) in [5.41, 5.74) is 2.00. The number of thiocarbonyl (C=S) groups is 1. The van der Waals surface area contributed by atoms with Gasteiger partial charge >= 0.3 is 0 Å². The number of benzene rings is 3. The first-order valence-electron chi connectivity index (χ1n) is 8.56. The smallest absolute Gasteiger partial charge is 0.131 e. The first-order chi connectivity index (χ1) is 13.7. The fourth-order valence-corrected chi connectivity index (χ4v) is 5.10. The molecular weight excluding hydrogens is 424 g/mol. The van der Waals surface area contributed by atoms with Crippen molar-refractivity contribution in [2.75, 3.05) is 5.01 Å². The van der Waals surface area contributed by atoms with Gasteiger partial charge in [0.15, 0.2) is 0 Å². The quantitative estimate of drug-likeness (QED) is 0.244. The molecule has 0 saturated heterocycles. The molecule has 28 heavy (non-hydrogen) atoms. The highest BCUT2D eigenvalue weighted by atomic mass is 35.5. The van der Waals surface area contributed by atoms with Crippen LogP contribution in [0.5, 0.6) is 0 Å². The summed E-state index contributed by atoms with van der Waals surface area (Å²) < 4.78 is 0.626. The fraction of sp³-hybridized carbons (Fsp3) is 0. The van der Waals surface area contributed by atoms with Crippen LogP contribution in [0.2, 0.25) is 0 Å². The van der Waals surface area contributed by atoms with Gasteiger partial charge in [0.05, 0.1) is 14.9 Å². The van der Waals surface area contributed by atoms with E-state index in [1.165, 1.54) is 23.5 Å². The largest absolute Gasteiger partial charge is 0.224 e. The normalized spacial score (nSPS) is 15.3. The Balaban J connectivity index is 1.69. The van der Waals surface area contributed by atoms with Crippen LogP contribution in [0.3, 0.4) is 0 Å². The van der Waals surface area contributed by atoms with Crippen LogP contribution in [0.15, 0.2) is 111 Å². The van der Waals surface area contributed by atoms with E-state index in [4.69, 9.17) is 28.9 Å². The van der Waals surface area contributed by atoms with E-state index in [-0.39, 0.29) is 0 Å². The van der Waals surface area contributed by atoms with Gasteiger partial charge in [0.25, 0.3) is 0 Å². The molecule has 0 fully saturated rings. The van der Waals surface area contributed by atoms with Crippen LogP contribution in [0.4, 0.5) is 5.69 Å². The maximum atomic E-state index is 6.77. The lowest BCUT2D eigenvalue weighted by molar-refractivity contribution is 1.08. The molecule has 0 atom stereocenters. The van der Waals surface area contributed by atoms with Crippen molar-refractivity contribution >= 4 is 62.3 Å². The molecule has 3 aromatic rings. The van der Waals surface area contributed by atoms with Crippen LogP contribution in [0.25, 0.3) is 0 Å². The second-order valence-corrected chi connectivity index (χ2v) is 8.95. The lowest BCUT2D eigenvalue weighted by Crippen LogP contribution is -2.11. The SMILES string of the molecule is S=C(Sc1ccccc1)/C(Cl)=C1\SC(c2ccccc2)=NN1c1ccccc1. The minimum Gasteiger partial charge on any atom is -0.224 e. The van der Waals surface area contributed by atoms with Gasteiger partial charge in [0, 0.05) is 10.5 Å². The van der Waals surface area contributed by atoms with Crippen LogP contribution in [0.1, 0.15) is 5.56 Å². The van der Waals surface area contributed by atoms with Crippen LogP contribution < -0.4 is 5.01 Å². The summed E-state index contributed by atoms with van der Waals surface area (Å²) in [4.78, 5) is 1.06. The summed E-state index contributed by atoms with van der Waals surface area (Å²) in [6.45, 7) is 0. The Bertz CT molecular complexity index is 1040. The highest BCUT2D eigenvalue weighted by Crippen LogP contribution is 2.41. The lowest BCUT2D eigenvalue weighted by atomic mass is 10.2. The Morgan fingerprint density at radius 1 is 0.857 bits per heavy atom. The monoisotopic (exact) mass is 438 g/mol. The number of rotatable bonds is 4. The van der Waals surface area contributed by atoms with E-state index >= 15 is 0 Å². The zero-order valence-electron chi connectivity index (χ0n) is 14.7. The maximum Gasteiger partial charge on any atom is 0.131 e. The number of para-hydroxylation sites is 1. The summed E-state index contributed by atoms with van der Waals surface area (Å²) >= 11 is 15.4. The van der Waals surface area contributed by atoms with Crippen molar-refractivity contribution in [1.82, 2.24) is 0 Å². The third kappa shape index (κ3) is 4.33. The number of hydrogen-bond acceptors (Lipinski definition) is 5. The van der Waals surface area contributed by atoms with E-state index in [1.54, 1.807) is 0 Å². The molecule has 138 valence electrons. The Morgan fingerprint density at radius 2 is 1.43 bits per heavy atom. The average Bonchev–Trinajstić information content (AvgIpc) is 3.20. The van der Waals surface area contributed by atoms with Gasteiger partial charge in [0.2, 0.25) is 0 Å². The Labute approximate surface area is 183 Å². The molecule has 1 aliphatic rings. The third-order valence-electron chi connectivity index (χ3n) is 3.92. The first-order valence-corrected chi connectivity index (χ1v) is 11.0. The molecule has 0 radical (unpaired) electrons. The molecule has 0 amide bonds. The van der Waals surface area contributed by atoms with Gasteiger partial charge in [-0.2, -0.15) is 5.10 Å². The molecule has 6 heteroatoms. The fourth-order valence-electron chi connectivity index (χ4n) is 2.60. The van der Waals surface area contributed by atoms with Gasteiger partial charge < -0.3 is 0 Å². The van der Waals surface area contributed by atoms with Gasteiger partial charge in [-0.1, -0.05) is 102 Å². The van der Waals surface area contributed by atoms with Crippen molar-refractivity contribution in [1.29, 1.82) is 0 Å². The minimum absolute atomic E-state index is 0.535. The average molecular weight is 439 g/mol. The van der Waals surface area contributed by atoms with Crippen molar-refractivity contribution in [3.05, 3.63) is 107 Å². The highest BCUT2D eigenvalue weighted by molar-refractivity contribution is 8.24. The molecule has 0 aliphatic carbocycles. The molecule has 0 saturated carbocycles. The molecule has 0 spiro atoms. The molecule has 0 N–H and O–H groups in total. The van der Waals surface area contributed by atoms with Crippen LogP contribution in [-0.4, -0.2) is 9.24 Å². The molecule has 0 bridgehead atoms. The van der Waals surface area contributed by atoms with Gasteiger partial charge in [-0.3, -0.25) is 0 Å². The standard InChI is InChI=1S/C22H15ClN2S3/c23-19(22(26)27-18-14-8-3-9-15-18)21-25(17-12-6-2-7-13-17)24-20(28-21)16-10-4-1-5-11-16/h1-15H/b21-19+. The van der Waals surface area contributed by atoms with Gasteiger partial charge in [-0.25, -0.2) is 5.01 Å². The van der Waals surface area contributed by atoms with Gasteiger partial charge in [-0.15, -0.1) is 0 Å². The number of thioether (sulfide) groups is 2. The second kappa shape index (κ2) is 8.97. The van der Waals surface area contributed by atoms with Crippen LogP contribution in [0, 0.1) is 0 Å². The number of nitrogens with zero attached hydrogens (tertiary/aromatic N) is 2. The zero-order chi connectivity index (χ0) is 19.3. The number of hydrazone groups is 1. The van der Waals surface area contributed by atoms with Crippen molar-refractivity contribution < 1.29 is 0 Å². The Kier molecular flexibility index (Phi) is 6.17. The van der Waals surface area contributed by atoms with E-state index < -0.39 is 0 Å². The van der Waals surface area contributed by atoms with Gasteiger partial charge in [-0.05, 0) is 36.0 Å². The summed E-state index contributed by atoms with van der Waals surface area (Å²) in [6.07, 6.45) is 0. The lowest BCUT2D eigenvalue weighted by Gasteiger charge is -2.17. The zero-order valence-corrected chi connectivity index (χ0v) is 17.9. The van der Waals surface area contributed by atoms with Crippen LogP contribution >= 0.6 is 47.3 Å². The first kappa shape index (κ1) is 19.3. The minimum atomic E-state index is 0.535. The maximum absolute atomic E-state index is 6.77. The second-order valence-electron chi connectivity index (χ2n) is 5.84. The predicted molar refractivity (Wildman–Crippen MR) is 127 cm³/mol. The van der Waals surface area contributed by atoms with Gasteiger partial charge in [0.1, 0.15) is 10.1 Å². The van der Waals surface area contributed by atoms with E-state index in [0.29, 0.717) is 9.23 Å². The molecule has 0 unspecified atom stereocenters. The van der Waals surface area contributed by atoms with E-state index in [9.17, 15) is 0 Å². The summed E-state index contributed by atoms with van der Waals surface area (Å²) in [5.74, 6) is 0. The van der Waals surface area contributed by atoms with Crippen molar-refractivity contribution in [3.8, 4) is 0 Å². The predicted octanol–water partition coefficient (Wildman–Crippen LogP) is 7.13. The summed E-state index contributed by atoms with van der Waals surface area (Å²) in [5, 5.41) is 8.94. The van der Waals surface area contributed by atoms with E-state index in [0.717, 1.165) is 26.2 Å². The number of hydrogen-bond donors (Lipinski definition) is 0. The number of halogens is 1. The molecule has 1 aliphatic heterocycles. The van der Waals surface area contributed by atoms with E-state index in [1.807, 2.05) is 96.0 Å². The molecule has 2 nitrogen and oxygen atoms in total. The van der Waals surface area contributed by atoms with Crippen molar-refractivity contribution in [3.63, 3.8) is 0 Å². The Hall–Kier alpha value is -2.05. The van der Waals surface area contributed by atoms with Crippen molar-refractivity contribution in [2.45, 2.75) is 4.90 Å². The number of anilines is 1. The molecular formula is C22H15ClN2S3. The Morgan fingerprint density at radius 3 is 2.07 bits per heavy atom. The highest BCUT2D eigenvalue weighted by Gasteiger charge is 2.28. The topological polar surface area (TPSA) is 15.6 Å². The molecule has 1 heterocycles. The molecule has 3 aromatic carbocycles. The summed E-state index contributed by atoms with van der Waals surface area (Å²) in [6, 6.07) is 30.1. The van der Waals surface area contributed by atoms with Crippen LogP contribution in [-0.2, 0) is 0 Å². The third-order valence-corrected chi connectivity index (χ3v) is 7.06. The molecule has 0 aromatic heterocycles. The van der Waals surface area contributed by atoms with Crippen molar-refractivity contribution in [2.24, 2.45) is 5.10 Å². The van der Waals surface area contributed by atoms with E-state index in [2.05, 4.69) is 0 Å².